The first kappa shape index (κ1) is 12.2. The van der Waals surface area contributed by atoms with Crippen molar-refractivity contribution in [1.82, 2.24) is 15.2 Å². The molecule has 1 aliphatic rings. The van der Waals surface area contributed by atoms with E-state index in [0.29, 0.717) is 16.7 Å². The summed E-state index contributed by atoms with van der Waals surface area (Å²) in [6.07, 6.45) is 2.66. The molecule has 0 bridgehead atoms. The zero-order chi connectivity index (χ0) is 13.2. The Morgan fingerprint density at radius 2 is 2.16 bits per heavy atom. The van der Waals surface area contributed by atoms with Gasteiger partial charge in [-0.1, -0.05) is 36.9 Å². The minimum Gasteiger partial charge on any atom is -0.452 e. The van der Waals surface area contributed by atoms with E-state index in [9.17, 15) is 0 Å². The maximum Gasteiger partial charge on any atom is 0.247 e. The minimum absolute atomic E-state index is 0.103. The molecule has 3 rings (SSSR count). The van der Waals surface area contributed by atoms with E-state index in [2.05, 4.69) is 27.4 Å². The van der Waals surface area contributed by atoms with Gasteiger partial charge in [-0.05, 0) is 12.3 Å². The van der Waals surface area contributed by atoms with Gasteiger partial charge in [-0.3, -0.25) is 0 Å². The number of nitrogens with zero attached hydrogens (tertiary/aromatic N) is 3. The lowest BCUT2D eigenvalue weighted by Gasteiger charge is -2.16. The van der Waals surface area contributed by atoms with E-state index >= 15 is 0 Å². The fourth-order valence-corrected chi connectivity index (χ4v) is 2.27. The van der Waals surface area contributed by atoms with Crippen LogP contribution in [-0.4, -0.2) is 27.7 Å². The van der Waals surface area contributed by atoms with Gasteiger partial charge >= 0.3 is 0 Å². The number of ether oxygens (including phenoxy) is 1. The first-order valence-corrected chi connectivity index (χ1v) is 7.35. The van der Waals surface area contributed by atoms with Gasteiger partial charge in [0, 0.05) is 17.7 Å². The van der Waals surface area contributed by atoms with Crippen molar-refractivity contribution >= 4 is 17.4 Å². The number of fused-ring (bicyclic) bond motifs is 3. The van der Waals surface area contributed by atoms with E-state index in [-0.39, 0.29) is 6.23 Å². The molecule has 1 aromatic carbocycles. The van der Waals surface area contributed by atoms with Gasteiger partial charge in [-0.15, -0.1) is 10.2 Å². The number of thioether (sulfide) groups is 1. The zero-order valence-electron chi connectivity index (χ0n) is 10.8. The second kappa shape index (κ2) is 5.05. The Balaban J connectivity index is 2.17. The van der Waals surface area contributed by atoms with Crippen LogP contribution in [-0.2, 0) is 0 Å². The van der Waals surface area contributed by atoms with E-state index < -0.39 is 0 Å². The van der Waals surface area contributed by atoms with Gasteiger partial charge in [0.05, 0.1) is 0 Å². The summed E-state index contributed by atoms with van der Waals surface area (Å²) in [5.74, 6) is 0.545. The summed E-state index contributed by atoms with van der Waals surface area (Å²) < 4.78 is 5.89. The van der Waals surface area contributed by atoms with Crippen molar-refractivity contribution in [3.63, 3.8) is 0 Å². The van der Waals surface area contributed by atoms with E-state index in [1.54, 1.807) is 0 Å². The van der Waals surface area contributed by atoms with Crippen molar-refractivity contribution in [1.29, 1.82) is 0 Å². The molecule has 0 saturated heterocycles. The second-order valence-corrected chi connectivity index (χ2v) is 4.93. The highest BCUT2D eigenvalue weighted by Crippen LogP contribution is 2.36. The predicted molar refractivity (Wildman–Crippen MR) is 75.4 cm³/mol. The first-order chi connectivity index (χ1) is 9.31. The molecular weight excluding hydrogens is 260 g/mol. The molecule has 1 atom stereocenters. The molecule has 98 valence electrons. The van der Waals surface area contributed by atoms with Crippen molar-refractivity contribution in [2.24, 2.45) is 0 Å². The van der Waals surface area contributed by atoms with Gasteiger partial charge in [0.15, 0.2) is 11.9 Å². The van der Waals surface area contributed by atoms with Gasteiger partial charge in [0.2, 0.25) is 11.0 Å². The van der Waals surface area contributed by atoms with Crippen LogP contribution in [0.5, 0.6) is 5.88 Å². The molecule has 0 saturated carbocycles. The van der Waals surface area contributed by atoms with Crippen LogP contribution in [0.2, 0.25) is 0 Å². The largest absolute Gasteiger partial charge is 0.452 e. The number of hydrogen-bond donors (Lipinski definition) is 1. The third-order valence-corrected chi connectivity index (χ3v) is 3.48. The molecule has 6 heteroatoms. The minimum atomic E-state index is -0.103. The normalized spacial score (nSPS) is 16.6. The van der Waals surface area contributed by atoms with E-state index in [0.717, 1.165) is 17.7 Å². The van der Waals surface area contributed by atoms with Crippen LogP contribution in [0.15, 0.2) is 29.4 Å². The predicted octanol–water partition coefficient (Wildman–Crippen LogP) is 2.80. The number of rotatable bonds is 2. The third kappa shape index (κ3) is 2.23. The molecule has 0 fully saturated rings. The quantitative estimate of drug-likeness (QED) is 0.850. The molecule has 2 aromatic rings. The smallest absolute Gasteiger partial charge is 0.247 e. The Morgan fingerprint density at radius 3 is 2.95 bits per heavy atom. The summed E-state index contributed by atoms with van der Waals surface area (Å²) in [6.45, 7) is 2.06. The summed E-state index contributed by atoms with van der Waals surface area (Å²) in [4.78, 5) is 4.42. The van der Waals surface area contributed by atoms with Crippen molar-refractivity contribution < 1.29 is 4.74 Å². The monoisotopic (exact) mass is 274 g/mol. The van der Waals surface area contributed by atoms with Crippen LogP contribution < -0.4 is 10.1 Å². The lowest BCUT2D eigenvalue weighted by Crippen LogP contribution is -2.24. The van der Waals surface area contributed by atoms with Crippen molar-refractivity contribution in [2.75, 3.05) is 11.6 Å². The number of nitrogens with one attached hydrogen (secondary N) is 1. The fourth-order valence-electron chi connectivity index (χ4n) is 1.97. The highest BCUT2D eigenvalue weighted by Gasteiger charge is 2.23. The van der Waals surface area contributed by atoms with Gasteiger partial charge in [-0.25, -0.2) is 0 Å². The van der Waals surface area contributed by atoms with Crippen LogP contribution in [0.4, 0.5) is 5.69 Å². The van der Waals surface area contributed by atoms with Crippen LogP contribution in [0.3, 0.4) is 0 Å². The van der Waals surface area contributed by atoms with Crippen LogP contribution in [0.25, 0.3) is 11.3 Å². The van der Waals surface area contributed by atoms with Crippen molar-refractivity contribution in [3.05, 3.63) is 24.3 Å². The van der Waals surface area contributed by atoms with E-state index in [4.69, 9.17) is 4.74 Å². The molecule has 0 amide bonds. The average molecular weight is 274 g/mol. The molecule has 0 spiro atoms. The zero-order valence-corrected chi connectivity index (χ0v) is 11.6. The van der Waals surface area contributed by atoms with E-state index in [1.165, 1.54) is 11.8 Å². The molecule has 1 aliphatic heterocycles. The van der Waals surface area contributed by atoms with E-state index in [1.807, 2.05) is 30.5 Å². The van der Waals surface area contributed by atoms with Gasteiger partial charge < -0.3 is 10.1 Å². The summed E-state index contributed by atoms with van der Waals surface area (Å²) >= 11 is 1.45. The number of benzene rings is 1. The Kier molecular flexibility index (Phi) is 3.25. The lowest BCUT2D eigenvalue weighted by atomic mass is 10.1. The lowest BCUT2D eigenvalue weighted by molar-refractivity contribution is 0.216. The SMILES string of the molecule is CC[C@@H]1Nc2ccccc2-c2nnc(SC)nc2O1. The molecule has 2 heterocycles. The highest BCUT2D eigenvalue weighted by atomic mass is 32.2. The number of anilines is 1. The summed E-state index contributed by atoms with van der Waals surface area (Å²) in [6, 6.07) is 7.97. The number of hydrogen-bond acceptors (Lipinski definition) is 6. The third-order valence-electron chi connectivity index (χ3n) is 2.94. The molecule has 0 aliphatic carbocycles. The maximum atomic E-state index is 5.89. The average Bonchev–Trinajstić information content (AvgIpc) is 2.62. The number of aromatic nitrogens is 3. The molecule has 1 aromatic heterocycles. The Labute approximate surface area is 115 Å². The standard InChI is InChI=1S/C13H14N4OS/c1-3-10-14-9-7-5-4-6-8(9)11-12(18-10)15-13(19-2)17-16-11/h4-7,10,14H,3H2,1-2H3/t10-/m1/s1. The summed E-state index contributed by atoms with van der Waals surface area (Å²) in [5.41, 5.74) is 2.67. The van der Waals surface area contributed by atoms with Gasteiger partial charge in [0.25, 0.3) is 0 Å². The fraction of sp³-hybridized carbons (Fsp3) is 0.308. The van der Waals surface area contributed by atoms with Gasteiger partial charge in [0.1, 0.15) is 0 Å². The van der Waals surface area contributed by atoms with Crippen LogP contribution in [0.1, 0.15) is 13.3 Å². The Morgan fingerprint density at radius 1 is 1.32 bits per heavy atom. The maximum absolute atomic E-state index is 5.89. The first-order valence-electron chi connectivity index (χ1n) is 6.13. The van der Waals surface area contributed by atoms with Crippen molar-refractivity contribution in [3.8, 4) is 17.1 Å². The van der Waals surface area contributed by atoms with Crippen LogP contribution in [0, 0.1) is 0 Å². The molecule has 1 N–H and O–H groups in total. The molecule has 0 unspecified atom stereocenters. The molecular formula is C13H14N4OS. The summed E-state index contributed by atoms with van der Waals surface area (Å²) in [5, 5.41) is 12.3. The molecule has 5 nitrogen and oxygen atoms in total. The molecule has 0 radical (unpaired) electrons. The van der Waals surface area contributed by atoms with Crippen LogP contribution >= 0.6 is 11.8 Å². The molecule has 19 heavy (non-hydrogen) atoms. The van der Waals surface area contributed by atoms with Crippen molar-refractivity contribution in [2.45, 2.75) is 24.7 Å². The number of para-hydroxylation sites is 1. The highest BCUT2D eigenvalue weighted by molar-refractivity contribution is 7.98. The summed E-state index contributed by atoms with van der Waals surface area (Å²) in [7, 11) is 0. The Hall–Kier alpha value is -1.82. The van der Waals surface area contributed by atoms with Gasteiger partial charge in [-0.2, -0.15) is 4.98 Å². The topological polar surface area (TPSA) is 59.9 Å². The Bertz CT molecular complexity index is 605. The second-order valence-electron chi connectivity index (χ2n) is 4.16.